The molecule has 1 amide bonds. The van der Waals surface area contributed by atoms with E-state index in [1.807, 2.05) is 6.92 Å². The topological polar surface area (TPSA) is 72.2 Å². The summed E-state index contributed by atoms with van der Waals surface area (Å²) in [6.07, 6.45) is 4.24. The first-order chi connectivity index (χ1) is 7.91. The zero-order valence-electron chi connectivity index (χ0n) is 11.0. The molecular weight excluding hydrogens is 236 g/mol. The van der Waals surface area contributed by atoms with Crippen LogP contribution in [0.25, 0.3) is 0 Å². The van der Waals surface area contributed by atoms with E-state index in [1.54, 1.807) is 6.26 Å². The van der Waals surface area contributed by atoms with Crippen molar-refractivity contribution in [1.29, 1.82) is 0 Å². The second-order valence-electron chi connectivity index (χ2n) is 5.35. The number of hydrogen-bond donors (Lipinski definition) is 2. The molecule has 5 heteroatoms. The highest BCUT2D eigenvalue weighted by molar-refractivity contribution is 7.84. The van der Waals surface area contributed by atoms with Crippen LogP contribution in [-0.4, -0.2) is 34.7 Å². The molecule has 3 N–H and O–H groups in total. The SMILES string of the molecule is CC1CC(CN)(C(=O)NCCC(C)S(C)=O)C1. The largest absolute Gasteiger partial charge is 0.356 e. The zero-order chi connectivity index (χ0) is 13.1. The lowest BCUT2D eigenvalue weighted by Gasteiger charge is -2.44. The van der Waals surface area contributed by atoms with Gasteiger partial charge in [0, 0.05) is 35.4 Å². The molecule has 0 aromatic carbocycles. The molecule has 4 nitrogen and oxygen atoms in total. The Morgan fingerprint density at radius 2 is 2.18 bits per heavy atom. The summed E-state index contributed by atoms with van der Waals surface area (Å²) in [6.45, 7) is 5.10. The number of nitrogens with two attached hydrogens (primary N) is 1. The van der Waals surface area contributed by atoms with Gasteiger partial charge in [0.15, 0.2) is 0 Å². The van der Waals surface area contributed by atoms with Crippen molar-refractivity contribution in [2.24, 2.45) is 17.1 Å². The summed E-state index contributed by atoms with van der Waals surface area (Å²) in [5.41, 5.74) is 5.38. The third-order valence-electron chi connectivity index (χ3n) is 3.75. The molecule has 2 unspecified atom stereocenters. The Bertz CT molecular complexity index is 301. The Kier molecular flexibility index (Phi) is 5.13. The molecule has 0 bridgehead atoms. The Morgan fingerprint density at radius 1 is 1.59 bits per heavy atom. The van der Waals surface area contributed by atoms with Crippen molar-refractivity contribution in [1.82, 2.24) is 5.32 Å². The minimum absolute atomic E-state index is 0.0761. The molecule has 1 fully saturated rings. The third kappa shape index (κ3) is 3.52. The minimum atomic E-state index is -0.817. The van der Waals surface area contributed by atoms with Gasteiger partial charge in [-0.3, -0.25) is 9.00 Å². The second kappa shape index (κ2) is 5.96. The molecule has 0 heterocycles. The van der Waals surface area contributed by atoms with Gasteiger partial charge in [-0.2, -0.15) is 0 Å². The van der Waals surface area contributed by atoms with Crippen LogP contribution in [0, 0.1) is 11.3 Å². The van der Waals surface area contributed by atoms with E-state index < -0.39 is 10.8 Å². The van der Waals surface area contributed by atoms with Crippen molar-refractivity contribution in [3.63, 3.8) is 0 Å². The monoisotopic (exact) mass is 260 g/mol. The zero-order valence-corrected chi connectivity index (χ0v) is 11.8. The van der Waals surface area contributed by atoms with Crippen molar-refractivity contribution in [2.45, 2.75) is 38.4 Å². The molecular formula is C12H24N2O2S. The summed E-state index contributed by atoms with van der Waals surface area (Å²) < 4.78 is 11.2. The lowest BCUT2D eigenvalue weighted by atomic mass is 9.62. The summed E-state index contributed by atoms with van der Waals surface area (Å²) >= 11 is 0. The van der Waals surface area contributed by atoms with Crippen LogP contribution in [0.4, 0.5) is 0 Å². The minimum Gasteiger partial charge on any atom is -0.356 e. The Morgan fingerprint density at radius 3 is 2.59 bits per heavy atom. The van der Waals surface area contributed by atoms with E-state index in [9.17, 15) is 9.00 Å². The number of amides is 1. The van der Waals surface area contributed by atoms with Gasteiger partial charge in [0.1, 0.15) is 0 Å². The molecule has 0 aliphatic heterocycles. The highest BCUT2D eigenvalue weighted by atomic mass is 32.2. The summed E-state index contributed by atoms with van der Waals surface area (Å²) in [6, 6.07) is 0. The summed E-state index contributed by atoms with van der Waals surface area (Å²) in [5.74, 6) is 0.679. The van der Waals surface area contributed by atoms with Gasteiger partial charge in [-0.1, -0.05) is 13.8 Å². The summed E-state index contributed by atoms with van der Waals surface area (Å²) in [7, 11) is -0.817. The first-order valence-corrected chi connectivity index (χ1v) is 7.84. The molecule has 1 saturated carbocycles. The average molecular weight is 260 g/mol. The fraction of sp³-hybridized carbons (Fsp3) is 0.917. The van der Waals surface area contributed by atoms with Crippen LogP contribution in [0.2, 0.25) is 0 Å². The van der Waals surface area contributed by atoms with Crippen molar-refractivity contribution >= 4 is 16.7 Å². The van der Waals surface area contributed by atoms with E-state index in [4.69, 9.17) is 5.73 Å². The van der Waals surface area contributed by atoms with Crippen LogP contribution in [0.15, 0.2) is 0 Å². The maximum atomic E-state index is 12.0. The first-order valence-electron chi connectivity index (χ1n) is 6.22. The third-order valence-corrected chi connectivity index (χ3v) is 5.12. The second-order valence-corrected chi connectivity index (χ2v) is 7.15. The molecule has 1 aliphatic carbocycles. The number of carbonyl (C=O) groups excluding carboxylic acids is 1. The van der Waals surface area contributed by atoms with Crippen molar-refractivity contribution < 1.29 is 9.00 Å². The smallest absolute Gasteiger partial charge is 0.227 e. The standard InChI is InChI=1S/C12H24N2O2S/c1-9-6-12(7-9,8-13)11(15)14-5-4-10(2)17(3)16/h9-10H,4-8,13H2,1-3H3,(H,14,15). The van der Waals surface area contributed by atoms with Gasteiger partial charge < -0.3 is 11.1 Å². The molecule has 2 atom stereocenters. The maximum absolute atomic E-state index is 12.0. The van der Waals surface area contributed by atoms with Crippen LogP contribution < -0.4 is 11.1 Å². The van der Waals surface area contributed by atoms with E-state index >= 15 is 0 Å². The van der Waals surface area contributed by atoms with Crippen LogP contribution in [0.3, 0.4) is 0 Å². The molecule has 1 aliphatic rings. The highest BCUT2D eigenvalue weighted by Crippen LogP contribution is 2.44. The van der Waals surface area contributed by atoms with Crippen LogP contribution in [0.1, 0.15) is 33.1 Å². The van der Waals surface area contributed by atoms with Crippen LogP contribution >= 0.6 is 0 Å². The molecule has 1 rings (SSSR count). The maximum Gasteiger partial charge on any atom is 0.227 e. The van der Waals surface area contributed by atoms with E-state index in [2.05, 4.69) is 12.2 Å². The number of nitrogens with one attached hydrogen (secondary N) is 1. The normalized spacial score (nSPS) is 31.4. The Labute approximate surface area is 106 Å². The van der Waals surface area contributed by atoms with Crippen LogP contribution in [0.5, 0.6) is 0 Å². The highest BCUT2D eigenvalue weighted by Gasteiger charge is 2.46. The fourth-order valence-electron chi connectivity index (χ4n) is 2.46. The Hall–Kier alpha value is -0.420. The molecule has 0 saturated heterocycles. The van der Waals surface area contributed by atoms with Crippen molar-refractivity contribution in [2.75, 3.05) is 19.3 Å². The Balaban J connectivity index is 2.32. The van der Waals surface area contributed by atoms with Crippen molar-refractivity contribution in [3.05, 3.63) is 0 Å². The van der Waals surface area contributed by atoms with E-state index in [0.29, 0.717) is 19.0 Å². The van der Waals surface area contributed by atoms with Gasteiger partial charge in [0.2, 0.25) is 5.91 Å². The molecule has 100 valence electrons. The predicted molar refractivity (Wildman–Crippen MR) is 71.0 cm³/mol. The first kappa shape index (κ1) is 14.6. The number of carbonyl (C=O) groups is 1. The quantitative estimate of drug-likeness (QED) is 0.736. The lowest BCUT2D eigenvalue weighted by molar-refractivity contribution is -0.138. The molecule has 0 radical (unpaired) electrons. The molecule has 0 aromatic rings. The van der Waals surface area contributed by atoms with E-state index in [0.717, 1.165) is 19.3 Å². The van der Waals surface area contributed by atoms with Crippen LogP contribution in [-0.2, 0) is 15.6 Å². The van der Waals surface area contributed by atoms with Crippen molar-refractivity contribution in [3.8, 4) is 0 Å². The van der Waals surface area contributed by atoms with Gasteiger partial charge in [0.05, 0.1) is 5.41 Å². The fourth-order valence-corrected chi connectivity index (χ4v) is 2.91. The van der Waals surface area contributed by atoms with Gasteiger partial charge in [0.25, 0.3) is 0 Å². The molecule has 0 aromatic heterocycles. The summed E-state index contributed by atoms with van der Waals surface area (Å²) in [4.78, 5) is 12.0. The average Bonchev–Trinajstić information content (AvgIpc) is 2.23. The van der Waals surface area contributed by atoms with Gasteiger partial charge in [-0.25, -0.2) is 0 Å². The van der Waals surface area contributed by atoms with Gasteiger partial charge >= 0.3 is 0 Å². The molecule has 17 heavy (non-hydrogen) atoms. The van der Waals surface area contributed by atoms with Gasteiger partial charge in [-0.05, 0) is 25.2 Å². The van der Waals surface area contributed by atoms with E-state index in [1.165, 1.54) is 0 Å². The predicted octanol–water partition coefficient (Wildman–Crippen LogP) is 0.635. The molecule has 0 spiro atoms. The number of rotatable bonds is 6. The van der Waals surface area contributed by atoms with E-state index in [-0.39, 0.29) is 16.6 Å². The number of hydrogen-bond acceptors (Lipinski definition) is 3. The lowest BCUT2D eigenvalue weighted by Crippen LogP contribution is -2.53. The summed E-state index contributed by atoms with van der Waals surface area (Å²) in [5, 5.41) is 3.06. The van der Waals surface area contributed by atoms with Gasteiger partial charge in [-0.15, -0.1) is 0 Å².